The molecule has 0 bridgehead atoms. The van der Waals surface area contributed by atoms with Crippen LogP contribution in [0.3, 0.4) is 0 Å². The maximum atomic E-state index is 9.06. The van der Waals surface area contributed by atoms with E-state index >= 15 is 0 Å². The number of rotatable bonds is 2. The van der Waals surface area contributed by atoms with Gasteiger partial charge in [-0.25, -0.2) is 9.97 Å². The highest BCUT2D eigenvalue weighted by Gasteiger charge is 2.09. The van der Waals surface area contributed by atoms with Gasteiger partial charge in [-0.3, -0.25) is 0 Å². The van der Waals surface area contributed by atoms with E-state index in [4.69, 9.17) is 10.1 Å². The van der Waals surface area contributed by atoms with Gasteiger partial charge in [-0.15, -0.1) is 0 Å². The molecular weight excluding hydrogens is 228 g/mol. The summed E-state index contributed by atoms with van der Waals surface area (Å²) in [4.78, 5) is 13.5. The first-order valence-corrected chi connectivity index (χ1v) is 5.34. The van der Waals surface area contributed by atoms with Crippen LogP contribution < -0.4 is 4.84 Å². The van der Waals surface area contributed by atoms with E-state index in [0.29, 0.717) is 5.56 Å². The lowest BCUT2D eigenvalue weighted by molar-refractivity contribution is 0.208. The molecule has 0 saturated carbocycles. The zero-order chi connectivity index (χ0) is 12.4. The molecule has 5 heteroatoms. The average molecular weight is 236 g/mol. The fourth-order valence-corrected chi connectivity index (χ4v) is 1.74. The molecule has 1 aromatic carbocycles. The molecule has 0 unspecified atom stereocenters. The molecule has 0 aliphatic carbocycles. The van der Waals surface area contributed by atoms with Crippen molar-refractivity contribution in [3.05, 3.63) is 54.5 Å². The summed E-state index contributed by atoms with van der Waals surface area (Å²) >= 11 is 0. The molecule has 0 saturated heterocycles. The monoisotopic (exact) mass is 236 g/mol. The van der Waals surface area contributed by atoms with E-state index in [1.54, 1.807) is 24.7 Å². The standard InChI is InChI=1S/C13H8N4O/c14-8-10-9-17(12-5-2-1-4-11(10)12)18-13-15-6-3-7-16-13/h1-7,9H. The van der Waals surface area contributed by atoms with E-state index in [2.05, 4.69) is 16.0 Å². The van der Waals surface area contributed by atoms with Gasteiger partial charge in [0.25, 0.3) is 0 Å². The van der Waals surface area contributed by atoms with Crippen LogP contribution in [-0.4, -0.2) is 14.7 Å². The van der Waals surface area contributed by atoms with E-state index < -0.39 is 0 Å². The van der Waals surface area contributed by atoms with Gasteiger partial charge in [-0.2, -0.15) is 9.99 Å². The van der Waals surface area contributed by atoms with Crippen molar-refractivity contribution in [1.29, 1.82) is 5.26 Å². The van der Waals surface area contributed by atoms with Crippen LogP contribution in [0.1, 0.15) is 5.56 Å². The third-order valence-electron chi connectivity index (χ3n) is 2.52. The van der Waals surface area contributed by atoms with Crippen LogP contribution >= 0.6 is 0 Å². The van der Waals surface area contributed by atoms with Gasteiger partial charge in [-0.05, 0) is 12.1 Å². The Morgan fingerprint density at radius 1 is 1.11 bits per heavy atom. The second-order valence-corrected chi connectivity index (χ2v) is 3.62. The second-order valence-electron chi connectivity index (χ2n) is 3.62. The second kappa shape index (κ2) is 4.18. The van der Waals surface area contributed by atoms with Crippen molar-refractivity contribution >= 4 is 10.9 Å². The largest absolute Gasteiger partial charge is 0.343 e. The van der Waals surface area contributed by atoms with Gasteiger partial charge in [0.15, 0.2) is 0 Å². The van der Waals surface area contributed by atoms with Gasteiger partial charge < -0.3 is 4.84 Å². The number of fused-ring (bicyclic) bond motifs is 1. The topological polar surface area (TPSA) is 63.7 Å². The van der Waals surface area contributed by atoms with Gasteiger partial charge >= 0.3 is 6.01 Å². The number of hydrogen-bond acceptors (Lipinski definition) is 4. The van der Waals surface area contributed by atoms with Crippen LogP contribution in [0.25, 0.3) is 10.9 Å². The molecule has 2 aromatic heterocycles. The van der Waals surface area contributed by atoms with Gasteiger partial charge in [0.2, 0.25) is 0 Å². The zero-order valence-corrected chi connectivity index (χ0v) is 9.32. The Kier molecular flexibility index (Phi) is 2.39. The van der Waals surface area contributed by atoms with Crippen molar-refractivity contribution in [2.45, 2.75) is 0 Å². The summed E-state index contributed by atoms with van der Waals surface area (Å²) in [5.41, 5.74) is 1.36. The molecule has 0 fully saturated rings. The van der Waals surface area contributed by atoms with Crippen LogP contribution in [-0.2, 0) is 0 Å². The number of hydrogen-bond donors (Lipinski definition) is 0. The Labute approximate surface area is 103 Å². The molecule has 0 spiro atoms. The Balaban J connectivity index is 2.11. The first-order chi connectivity index (χ1) is 8.88. The smallest absolute Gasteiger partial charge is 0.333 e. The molecule has 3 aromatic rings. The Morgan fingerprint density at radius 2 is 1.89 bits per heavy atom. The molecule has 0 aliphatic rings. The van der Waals surface area contributed by atoms with Crippen molar-refractivity contribution in [2.75, 3.05) is 0 Å². The molecular formula is C13H8N4O. The minimum absolute atomic E-state index is 0.239. The molecule has 0 atom stereocenters. The zero-order valence-electron chi connectivity index (χ0n) is 9.32. The normalized spacial score (nSPS) is 10.2. The molecule has 0 N–H and O–H groups in total. The van der Waals surface area contributed by atoms with Gasteiger partial charge in [0, 0.05) is 17.8 Å². The van der Waals surface area contributed by atoms with Gasteiger partial charge in [0.05, 0.1) is 17.3 Å². The lowest BCUT2D eigenvalue weighted by Crippen LogP contribution is -2.05. The third-order valence-corrected chi connectivity index (χ3v) is 2.52. The van der Waals surface area contributed by atoms with Crippen LogP contribution in [0, 0.1) is 11.3 Å². The van der Waals surface area contributed by atoms with Crippen LogP contribution in [0.2, 0.25) is 0 Å². The number of benzene rings is 1. The Morgan fingerprint density at radius 3 is 2.67 bits per heavy atom. The van der Waals surface area contributed by atoms with E-state index in [1.165, 1.54) is 4.73 Å². The number of nitrogens with zero attached hydrogens (tertiary/aromatic N) is 4. The minimum atomic E-state index is 0.239. The Hall–Kier alpha value is -2.87. The summed E-state index contributed by atoms with van der Waals surface area (Å²) < 4.78 is 1.50. The highest BCUT2D eigenvalue weighted by molar-refractivity contribution is 5.86. The maximum absolute atomic E-state index is 9.06. The van der Waals surface area contributed by atoms with Crippen LogP contribution in [0.5, 0.6) is 6.01 Å². The first kappa shape index (κ1) is 10.3. The maximum Gasteiger partial charge on any atom is 0.343 e. The van der Waals surface area contributed by atoms with Crippen molar-refractivity contribution in [3.63, 3.8) is 0 Å². The summed E-state index contributed by atoms with van der Waals surface area (Å²) in [5, 5.41) is 9.91. The summed E-state index contributed by atoms with van der Waals surface area (Å²) in [6.45, 7) is 0. The van der Waals surface area contributed by atoms with Crippen LogP contribution in [0.15, 0.2) is 48.9 Å². The molecule has 86 valence electrons. The van der Waals surface area contributed by atoms with E-state index in [9.17, 15) is 0 Å². The molecule has 0 radical (unpaired) electrons. The first-order valence-electron chi connectivity index (χ1n) is 5.34. The minimum Gasteiger partial charge on any atom is -0.333 e. The Bertz CT molecular complexity index is 728. The van der Waals surface area contributed by atoms with E-state index in [-0.39, 0.29) is 6.01 Å². The molecule has 3 rings (SSSR count). The predicted octanol–water partition coefficient (Wildman–Crippen LogP) is 2.15. The van der Waals surface area contributed by atoms with Crippen molar-refractivity contribution < 1.29 is 4.84 Å². The van der Waals surface area contributed by atoms with Gasteiger partial charge in [0.1, 0.15) is 6.07 Å². The van der Waals surface area contributed by atoms with Gasteiger partial charge in [-0.1, -0.05) is 18.2 Å². The number of para-hydroxylation sites is 1. The molecule has 0 aliphatic heterocycles. The third kappa shape index (κ3) is 1.66. The van der Waals surface area contributed by atoms with Crippen LogP contribution in [0.4, 0.5) is 0 Å². The fraction of sp³-hybridized carbons (Fsp3) is 0. The fourth-order valence-electron chi connectivity index (χ4n) is 1.74. The summed E-state index contributed by atoms with van der Waals surface area (Å²) in [6, 6.07) is 11.6. The summed E-state index contributed by atoms with van der Waals surface area (Å²) in [7, 11) is 0. The highest BCUT2D eigenvalue weighted by atomic mass is 16.7. The van der Waals surface area contributed by atoms with E-state index in [1.807, 2.05) is 24.3 Å². The molecule has 2 heterocycles. The number of nitriles is 1. The predicted molar refractivity (Wildman–Crippen MR) is 64.7 cm³/mol. The summed E-state index contributed by atoms with van der Waals surface area (Å²) in [6.07, 6.45) is 4.82. The number of aromatic nitrogens is 3. The van der Waals surface area contributed by atoms with Crippen molar-refractivity contribution in [2.24, 2.45) is 0 Å². The lowest BCUT2D eigenvalue weighted by Gasteiger charge is -2.04. The van der Waals surface area contributed by atoms with E-state index in [0.717, 1.165) is 10.9 Å². The molecule has 18 heavy (non-hydrogen) atoms. The lowest BCUT2D eigenvalue weighted by atomic mass is 10.2. The van der Waals surface area contributed by atoms with Crippen molar-refractivity contribution in [3.8, 4) is 12.1 Å². The average Bonchev–Trinajstić information content (AvgIpc) is 2.78. The van der Waals surface area contributed by atoms with Crippen molar-refractivity contribution in [1.82, 2.24) is 14.7 Å². The SMILES string of the molecule is N#Cc1cn(Oc2ncccn2)c2ccccc12. The quantitative estimate of drug-likeness (QED) is 0.683. The molecule has 5 nitrogen and oxygen atoms in total. The summed E-state index contributed by atoms with van der Waals surface area (Å²) in [5.74, 6) is 0. The molecule has 0 amide bonds. The highest BCUT2D eigenvalue weighted by Crippen LogP contribution is 2.20.